The lowest BCUT2D eigenvalue weighted by Gasteiger charge is -2.26. The van der Waals surface area contributed by atoms with Gasteiger partial charge in [-0.3, -0.25) is 14.9 Å². The second-order valence-electron chi connectivity index (χ2n) is 5.54. The molecular formula is C18H14N2O5. The number of aromatic hydroxyl groups is 2. The summed E-state index contributed by atoms with van der Waals surface area (Å²) in [4.78, 5) is 37.6. The highest BCUT2D eigenvalue weighted by molar-refractivity contribution is 6.39. The van der Waals surface area contributed by atoms with E-state index in [0.717, 1.165) is 10.5 Å². The number of benzene rings is 2. The molecule has 126 valence electrons. The molecule has 7 heteroatoms. The summed E-state index contributed by atoms with van der Waals surface area (Å²) in [6, 6.07) is 9.73. The Hall–Kier alpha value is -3.61. The van der Waals surface area contributed by atoms with Crippen molar-refractivity contribution < 1.29 is 24.6 Å². The Morgan fingerprint density at radius 2 is 1.64 bits per heavy atom. The van der Waals surface area contributed by atoms with Crippen LogP contribution >= 0.6 is 0 Å². The fourth-order valence-corrected chi connectivity index (χ4v) is 2.38. The maximum absolute atomic E-state index is 12.7. The fourth-order valence-electron chi connectivity index (χ4n) is 2.38. The van der Waals surface area contributed by atoms with Crippen molar-refractivity contribution in [3.63, 3.8) is 0 Å². The smallest absolute Gasteiger partial charge is 0.335 e. The average molecular weight is 338 g/mol. The first-order valence-corrected chi connectivity index (χ1v) is 7.37. The summed E-state index contributed by atoms with van der Waals surface area (Å²) in [5.74, 6) is -2.31. The minimum atomic E-state index is -0.829. The number of phenols is 2. The van der Waals surface area contributed by atoms with Gasteiger partial charge in [0.1, 0.15) is 5.57 Å². The molecule has 1 aliphatic rings. The standard InChI is InChI=1S/C18H14N2O5/c1-10-2-5-12(6-3-10)20-17(24)13(16(23)19-18(20)25)8-11-4-7-14(21)15(22)9-11/h2-9,21-22H,1H3,(H,19,23,25). The van der Waals surface area contributed by atoms with Gasteiger partial charge in [0.05, 0.1) is 5.69 Å². The first kappa shape index (κ1) is 16.3. The number of imide groups is 2. The average Bonchev–Trinajstić information content (AvgIpc) is 2.56. The minimum Gasteiger partial charge on any atom is -0.504 e. The minimum absolute atomic E-state index is 0.259. The number of nitrogens with one attached hydrogen (secondary N) is 1. The topological polar surface area (TPSA) is 107 Å². The molecule has 25 heavy (non-hydrogen) atoms. The van der Waals surface area contributed by atoms with Crippen LogP contribution in [0.15, 0.2) is 48.0 Å². The number of barbiturate groups is 1. The summed E-state index contributed by atoms with van der Waals surface area (Å²) in [5, 5.41) is 21.0. The zero-order valence-electron chi connectivity index (χ0n) is 13.2. The van der Waals surface area contributed by atoms with E-state index in [1.54, 1.807) is 24.3 Å². The summed E-state index contributed by atoms with van der Waals surface area (Å²) in [6.45, 7) is 1.87. The number of amides is 4. The largest absolute Gasteiger partial charge is 0.504 e. The van der Waals surface area contributed by atoms with Gasteiger partial charge >= 0.3 is 6.03 Å². The van der Waals surface area contributed by atoms with E-state index in [4.69, 9.17) is 0 Å². The van der Waals surface area contributed by atoms with Crippen LogP contribution < -0.4 is 10.2 Å². The van der Waals surface area contributed by atoms with Gasteiger partial charge in [-0.15, -0.1) is 0 Å². The van der Waals surface area contributed by atoms with E-state index in [1.807, 2.05) is 6.92 Å². The highest BCUT2D eigenvalue weighted by atomic mass is 16.3. The summed E-state index contributed by atoms with van der Waals surface area (Å²) in [5.41, 5.74) is 1.36. The van der Waals surface area contributed by atoms with E-state index in [-0.39, 0.29) is 17.1 Å². The quantitative estimate of drug-likeness (QED) is 0.441. The van der Waals surface area contributed by atoms with E-state index in [9.17, 15) is 24.6 Å². The molecule has 4 amide bonds. The number of phenolic OH excluding ortho intramolecular Hbond substituents is 2. The number of anilines is 1. The van der Waals surface area contributed by atoms with Crippen LogP contribution in [0.3, 0.4) is 0 Å². The highest BCUT2D eigenvalue weighted by Crippen LogP contribution is 2.27. The Balaban J connectivity index is 2.01. The number of aryl methyl sites for hydroxylation is 1. The molecule has 0 unspecified atom stereocenters. The van der Waals surface area contributed by atoms with Crippen molar-refractivity contribution in [1.29, 1.82) is 0 Å². The van der Waals surface area contributed by atoms with Gasteiger partial charge in [0.15, 0.2) is 11.5 Å². The van der Waals surface area contributed by atoms with Gasteiger partial charge in [-0.25, -0.2) is 9.69 Å². The predicted molar refractivity (Wildman–Crippen MR) is 90.0 cm³/mol. The molecule has 0 spiro atoms. The molecule has 0 aliphatic carbocycles. The second-order valence-corrected chi connectivity index (χ2v) is 5.54. The summed E-state index contributed by atoms with van der Waals surface area (Å²) >= 11 is 0. The number of hydrogen-bond donors (Lipinski definition) is 3. The predicted octanol–water partition coefficient (Wildman–Crippen LogP) is 2.07. The zero-order valence-corrected chi connectivity index (χ0v) is 13.2. The summed E-state index contributed by atoms with van der Waals surface area (Å²) < 4.78 is 0. The van der Waals surface area contributed by atoms with E-state index < -0.39 is 17.8 Å². The van der Waals surface area contributed by atoms with Crippen molar-refractivity contribution in [3.8, 4) is 11.5 Å². The first-order valence-electron chi connectivity index (χ1n) is 7.37. The van der Waals surface area contributed by atoms with Crippen LogP contribution in [0.25, 0.3) is 6.08 Å². The van der Waals surface area contributed by atoms with Gasteiger partial charge in [-0.05, 0) is 42.8 Å². The van der Waals surface area contributed by atoms with Crippen molar-refractivity contribution >= 4 is 29.6 Å². The Morgan fingerprint density at radius 1 is 0.960 bits per heavy atom. The lowest BCUT2D eigenvalue weighted by molar-refractivity contribution is -0.122. The van der Waals surface area contributed by atoms with Crippen LogP contribution in [0.1, 0.15) is 11.1 Å². The van der Waals surface area contributed by atoms with Crippen molar-refractivity contribution in [3.05, 3.63) is 59.2 Å². The molecule has 1 heterocycles. The molecule has 0 aromatic heterocycles. The molecule has 1 aliphatic heterocycles. The molecule has 2 aromatic carbocycles. The maximum atomic E-state index is 12.7. The van der Waals surface area contributed by atoms with Crippen LogP contribution in [-0.4, -0.2) is 28.1 Å². The molecule has 3 N–H and O–H groups in total. The van der Waals surface area contributed by atoms with Crippen LogP contribution in [0.2, 0.25) is 0 Å². The van der Waals surface area contributed by atoms with Crippen LogP contribution in [0.5, 0.6) is 11.5 Å². The van der Waals surface area contributed by atoms with E-state index >= 15 is 0 Å². The molecule has 0 radical (unpaired) electrons. The van der Waals surface area contributed by atoms with Crippen LogP contribution in [-0.2, 0) is 9.59 Å². The zero-order chi connectivity index (χ0) is 18.1. The van der Waals surface area contributed by atoms with Gasteiger partial charge < -0.3 is 10.2 Å². The third-order valence-electron chi connectivity index (χ3n) is 3.70. The summed E-state index contributed by atoms with van der Waals surface area (Å²) in [6.07, 6.45) is 1.24. The lowest BCUT2D eigenvalue weighted by Crippen LogP contribution is -2.54. The number of hydrogen-bond acceptors (Lipinski definition) is 5. The molecule has 0 bridgehead atoms. The molecule has 3 rings (SSSR count). The van der Waals surface area contributed by atoms with E-state index in [2.05, 4.69) is 5.32 Å². The number of rotatable bonds is 2. The number of nitrogens with zero attached hydrogens (tertiary/aromatic N) is 1. The molecule has 7 nitrogen and oxygen atoms in total. The third-order valence-corrected chi connectivity index (χ3v) is 3.70. The van der Waals surface area contributed by atoms with Crippen molar-refractivity contribution in [2.45, 2.75) is 6.92 Å². The molecule has 1 fully saturated rings. The van der Waals surface area contributed by atoms with Gasteiger partial charge in [0.25, 0.3) is 11.8 Å². The van der Waals surface area contributed by atoms with Crippen molar-refractivity contribution in [2.75, 3.05) is 4.90 Å². The number of urea groups is 1. The number of carbonyl (C=O) groups is 3. The summed E-state index contributed by atoms with van der Waals surface area (Å²) in [7, 11) is 0. The van der Waals surface area contributed by atoms with Gasteiger partial charge in [-0.2, -0.15) is 0 Å². The van der Waals surface area contributed by atoms with Gasteiger partial charge in [0.2, 0.25) is 0 Å². The van der Waals surface area contributed by atoms with Gasteiger partial charge in [-0.1, -0.05) is 23.8 Å². The van der Waals surface area contributed by atoms with Crippen molar-refractivity contribution in [2.24, 2.45) is 0 Å². The first-order chi connectivity index (χ1) is 11.9. The van der Waals surface area contributed by atoms with Gasteiger partial charge in [0, 0.05) is 0 Å². The highest BCUT2D eigenvalue weighted by Gasteiger charge is 2.36. The molecular weight excluding hydrogens is 324 g/mol. The van der Waals surface area contributed by atoms with Crippen LogP contribution in [0.4, 0.5) is 10.5 Å². The molecule has 0 atom stereocenters. The Labute approximate surface area is 142 Å². The third kappa shape index (κ3) is 3.07. The Kier molecular flexibility index (Phi) is 3.98. The normalized spacial score (nSPS) is 16.3. The van der Waals surface area contributed by atoms with Crippen LogP contribution in [0, 0.1) is 6.92 Å². The molecule has 0 saturated carbocycles. The maximum Gasteiger partial charge on any atom is 0.335 e. The SMILES string of the molecule is Cc1ccc(N2C(=O)NC(=O)C(=Cc3ccc(O)c(O)c3)C2=O)cc1. The Bertz CT molecular complexity index is 916. The monoisotopic (exact) mass is 338 g/mol. The lowest BCUT2D eigenvalue weighted by atomic mass is 10.1. The molecule has 2 aromatic rings. The fraction of sp³-hybridized carbons (Fsp3) is 0.0556. The van der Waals surface area contributed by atoms with Crippen molar-refractivity contribution in [1.82, 2.24) is 5.32 Å². The Morgan fingerprint density at radius 3 is 2.28 bits per heavy atom. The van der Waals surface area contributed by atoms with E-state index in [0.29, 0.717) is 11.3 Å². The molecule has 1 saturated heterocycles. The van der Waals surface area contributed by atoms with E-state index in [1.165, 1.54) is 24.3 Å². The second kappa shape index (κ2) is 6.12. The number of carbonyl (C=O) groups excluding carboxylic acids is 3.